The van der Waals surface area contributed by atoms with Gasteiger partial charge in [0.25, 0.3) is 0 Å². The molecule has 0 bridgehead atoms. The lowest BCUT2D eigenvalue weighted by molar-refractivity contribution is -0.113. The number of thioether (sulfide) groups is 1. The van der Waals surface area contributed by atoms with Gasteiger partial charge in [-0.3, -0.25) is 10.1 Å². The molecule has 0 atom stereocenters. The number of anilines is 1. The summed E-state index contributed by atoms with van der Waals surface area (Å²) in [5, 5.41) is 11.3. The molecule has 7 nitrogen and oxygen atoms in total. The first kappa shape index (κ1) is 19.2. The van der Waals surface area contributed by atoms with Gasteiger partial charge in [0.2, 0.25) is 11.8 Å². The molecule has 2 heterocycles. The normalized spacial score (nSPS) is 11.1. The van der Waals surface area contributed by atoms with Gasteiger partial charge in [-0.15, -0.1) is 5.10 Å². The number of hydrogen-bond donors (Lipinski definition) is 1. The van der Waals surface area contributed by atoms with E-state index < -0.39 is 0 Å². The number of aryl methyl sites for hydroxylation is 1. The van der Waals surface area contributed by atoms with Crippen molar-refractivity contribution in [3.63, 3.8) is 0 Å². The number of hydrogen-bond acceptors (Lipinski definition) is 6. The molecule has 0 saturated carbocycles. The average Bonchev–Trinajstić information content (AvgIpc) is 3.20. The fraction of sp³-hybridized carbons (Fsp3) is 0.368. The standard InChI is InChI=1S/C19H23N5O2S/c1-12(2)10-24-14(4)13(3)20-19(24)27-11-16(25)21-18-23-22-17(26-18)15-8-6-5-7-9-15/h5-9,12H,10-11H2,1-4H3,(H,21,23,25). The molecule has 0 fully saturated rings. The highest BCUT2D eigenvalue weighted by atomic mass is 32.2. The van der Waals surface area contributed by atoms with E-state index in [1.807, 2.05) is 37.3 Å². The van der Waals surface area contributed by atoms with Gasteiger partial charge in [0.15, 0.2) is 5.16 Å². The summed E-state index contributed by atoms with van der Waals surface area (Å²) in [7, 11) is 0. The van der Waals surface area contributed by atoms with Crippen molar-refractivity contribution >= 4 is 23.7 Å². The topological polar surface area (TPSA) is 85.8 Å². The second kappa shape index (κ2) is 8.39. The third-order valence-electron chi connectivity index (χ3n) is 3.99. The first-order valence-electron chi connectivity index (χ1n) is 8.79. The molecule has 3 aromatic rings. The molecule has 0 radical (unpaired) electrons. The summed E-state index contributed by atoms with van der Waals surface area (Å²) >= 11 is 1.40. The summed E-state index contributed by atoms with van der Waals surface area (Å²) in [6.45, 7) is 9.24. The number of nitrogens with one attached hydrogen (secondary N) is 1. The van der Waals surface area contributed by atoms with Gasteiger partial charge >= 0.3 is 6.01 Å². The van der Waals surface area contributed by atoms with Gasteiger partial charge in [-0.1, -0.05) is 48.9 Å². The van der Waals surface area contributed by atoms with E-state index in [4.69, 9.17) is 4.42 Å². The molecule has 0 unspecified atom stereocenters. The molecule has 1 aromatic carbocycles. The van der Waals surface area contributed by atoms with Crippen LogP contribution in [-0.2, 0) is 11.3 Å². The predicted octanol–water partition coefficient (Wildman–Crippen LogP) is 3.94. The Hall–Kier alpha value is -2.61. The molecule has 27 heavy (non-hydrogen) atoms. The smallest absolute Gasteiger partial charge is 0.322 e. The third-order valence-corrected chi connectivity index (χ3v) is 4.97. The zero-order chi connectivity index (χ0) is 19.4. The lowest BCUT2D eigenvalue weighted by Gasteiger charge is -2.12. The summed E-state index contributed by atoms with van der Waals surface area (Å²) in [4.78, 5) is 16.8. The number of benzene rings is 1. The van der Waals surface area contributed by atoms with Crippen molar-refractivity contribution < 1.29 is 9.21 Å². The summed E-state index contributed by atoms with van der Waals surface area (Å²) in [5.41, 5.74) is 2.93. The van der Waals surface area contributed by atoms with Crippen LogP contribution in [-0.4, -0.2) is 31.4 Å². The van der Waals surface area contributed by atoms with Gasteiger partial charge in [-0.2, -0.15) is 0 Å². The van der Waals surface area contributed by atoms with Crippen molar-refractivity contribution in [2.75, 3.05) is 11.1 Å². The van der Waals surface area contributed by atoms with Crippen molar-refractivity contribution in [1.29, 1.82) is 0 Å². The number of rotatable bonds is 7. The molecular weight excluding hydrogens is 362 g/mol. The summed E-state index contributed by atoms with van der Waals surface area (Å²) in [6, 6.07) is 9.52. The highest BCUT2D eigenvalue weighted by molar-refractivity contribution is 7.99. The van der Waals surface area contributed by atoms with Crippen LogP contribution in [0.15, 0.2) is 39.9 Å². The maximum absolute atomic E-state index is 12.3. The van der Waals surface area contributed by atoms with E-state index >= 15 is 0 Å². The van der Waals surface area contributed by atoms with Gasteiger partial charge in [0.05, 0.1) is 11.4 Å². The van der Waals surface area contributed by atoms with Gasteiger partial charge in [-0.05, 0) is 31.9 Å². The van der Waals surface area contributed by atoms with Crippen LogP contribution in [0.2, 0.25) is 0 Å². The van der Waals surface area contributed by atoms with Crippen molar-refractivity contribution in [2.24, 2.45) is 5.92 Å². The minimum atomic E-state index is -0.210. The SMILES string of the molecule is Cc1nc(SCC(=O)Nc2nnc(-c3ccccc3)o2)n(CC(C)C)c1C. The third kappa shape index (κ3) is 4.77. The van der Waals surface area contributed by atoms with Crippen molar-refractivity contribution in [3.8, 4) is 11.5 Å². The zero-order valence-corrected chi connectivity index (χ0v) is 16.7. The molecule has 0 spiro atoms. The minimum absolute atomic E-state index is 0.0948. The number of amides is 1. The van der Waals surface area contributed by atoms with Crippen LogP contribution in [0, 0.1) is 19.8 Å². The van der Waals surface area contributed by atoms with Crippen LogP contribution in [0.4, 0.5) is 6.01 Å². The zero-order valence-electron chi connectivity index (χ0n) is 15.9. The molecule has 1 amide bonds. The lowest BCUT2D eigenvalue weighted by Crippen LogP contribution is -2.15. The Bertz CT molecular complexity index is 918. The number of nitrogens with zero attached hydrogens (tertiary/aromatic N) is 4. The Morgan fingerprint density at radius 1 is 1.22 bits per heavy atom. The number of carbonyl (C=O) groups excluding carboxylic acids is 1. The van der Waals surface area contributed by atoms with Crippen molar-refractivity contribution in [2.45, 2.75) is 39.4 Å². The molecule has 8 heteroatoms. The van der Waals surface area contributed by atoms with E-state index in [1.165, 1.54) is 11.8 Å². The van der Waals surface area contributed by atoms with E-state index in [9.17, 15) is 4.79 Å². The number of aromatic nitrogens is 4. The van der Waals surface area contributed by atoms with Crippen LogP contribution < -0.4 is 5.32 Å². The lowest BCUT2D eigenvalue weighted by atomic mass is 10.2. The van der Waals surface area contributed by atoms with Crippen LogP contribution in [0.5, 0.6) is 0 Å². The van der Waals surface area contributed by atoms with Crippen LogP contribution in [0.25, 0.3) is 11.5 Å². The molecular formula is C19H23N5O2S. The second-order valence-corrected chi connectivity index (χ2v) is 7.63. The van der Waals surface area contributed by atoms with Crippen LogP contribution >= 0.6 is 11.8 Å². The monoisotopic (exact) mass is 385 g/mol. The number of carbonyl (C=O) groups is 1. The van der Waals surface area contributed by atoms with Crippen LogP contribution in [0.1, 0.15) is 25.2 Å². The molecule has 0 saturated heterocycles. The number of imidazole rings is 1. The van der Waals surface area contributed by atoms with E-state index in [2.05, 4.69) is 45.8 Å². The average molecular weight is 385 g/mol. The summed E-state index contributed by atoms with van der Waals surface area (Å²) in [6.07, 6.45) is 0. The second-order valence-electron chi connectivity index (χ2n) is 6.68. The van der Waals surface area contributed by atoms with Gasteiger partial charge < -0.3 is 8.98 Å². The Morgan fingerprint density at radius 2 is 1.96 bits per heavy atom. The molecule has 2 aromatic heterocycles. The fourth-order valence-electron chi connectivity index (χ4n) is 2.57. The maximum Gasteiger partial charge on any atom is 0.322 e. The van der Waals surface area contributed by atoms with Gasteiger partial charge in [0, 0.05) is 17.8 Å². The van der Waals surface area contributed by atoms with E-state index in [-0.39, 0.29) is 17.7 Å². The molecule has 0 aliphatic rings. The Morgan fingerprint density at radius 3 is 2.67 bits per heavy atom. The van der Waals surface area contributed by atoms with Gasteiger partial charge in [-0.25, -0.2) is 4.98 Å². The Labute approximate surface area is 162 Å². The van der Waals surface area contributed by atoms with Gasteiger partial charge in [0.1, 0.15) is 0 Å². The predicted molar refractivity (Wildman–Crippen MR) is 106 cm³/mol. The van der Waals surface area contributed by atoms with Crippen molar-refractivity contribution in [3.05, 3.63) is 41.7 Å². The minimum Gasteiger partial charge on any atom is -0.403 e. The first-order valence-corrected chi connectivity index (χ1v) is 9.78. The van der Waals surface area contributed by atoms with Crippen LogP contribution in [0.3, 0.4) is 0 Å². The van der Waals surface area contributed by atoms with Crippen molar-refractivity contribution in [1.82, 2.24) is 19.7 Å². The molecule has 142 valence electrons. The Kier molecular flexibility index (Phi) is 5.95. The van der Waals surface area contributed by atoms with E-state index in [0.717, 1.165) is 28.7 Å². The quantitative estimate of drug-likeness (QED) is 0.620. The fourth-order valence-corrected chi connectivity index (χ4v) is 3.47. The molecule has 0 aliphatic heterocycles. The summed E-state index contributed by atoms with van der Waals surface area (Å²) < 4.78 is 7.67. The molecule has 3 rings (SSSR count). The largest absolute Gasteiger partial charge is 0.403 e. The molecule has 0 aliphatic carbocycles. The maximum atomic E-state index is 12.3. The highest BCUT2D eigenvalue weighted by Gasteiger charge is 2.16. The molecule has 1 N–H and O–H groups in total. The first-order chi connectivity index (χ1) is 12.9. The summed E-state index contributed by atoms with van der Waals surface area (Å²) in [5.74, 6) is 0.882. The Balaban J connectivity index is 1.61. The van der Waals surface area contributed by atoms with E-state index in [1.54, 1.807) is 0 Å². The van der Waals surface area contributed by atoms with E-state index in [0.29, 0.717) is 11.8 Å². The highest BCUT2D eigenvalue weighted by Crippen LogP contribution is 2.23.